The maximum absolute atomic E-state index is 15.3. The first-order chi connectivity index (χ1) is 20.1. The third-order valence-corrected chi connectivity index (χ3v) is 7.61. The van der Waals surface area contributed by atoms with Crippen molar-refractivity contribution < 1.29 is 36.6 Å². The predicted molar refractivity (Wildman–Crippen MR) is 146 cm³/mol. The summed E-state index contributed by atoms with van der Waals surface area (Å²) in [6, 6.07) is 9.26. The topological polar surface area (TPSA) is 92.8 Å². The molecule has 42 heavy (non-hydrogen) atoms. The second kappa shape index (κ2) is 12.4. The van der Waals surface area contributed by atoms with Crippen LogP contribution in [0, 0.1) is 18.6 Å². The van der Waals surface area contributed by atoms with Crippen molar-refractivity contribution in [3.63, 3.8) is 0 Å². The number of ether oxygens (including phenoxy) is 2. The molecular weight excluding hydrogens is 556 g/mol. The third-order valence-electron chi connectivity index (χ3n) is 7.61. The summed E-state index contributed by atoms with van der Waals surface area (Å²) in [4.78, 5) is 33.2. The van der Waals surface area contributed by atoms with Crippen LogP contribution in [0.1, 0.15) is 51.9 Å². The number of nitrogens with zero attached hydrogens (tertiary/aromatic N) is 2. The summed E-state index contributed by atoms with van der Waals surface area (Å²) in [7, 11) is 1.28. The van der Waals surface area contributed by atoms with E-state index in [9.17, 15) is 18.4 Å². The lowest BCUT2D eigenvalue weighted by Crippen LogP contribution is -2.44. The van der Waals surface area contributed by atoms with E-state index in [1.807, 2.05) is 13.0 Å². The molecule has 2 aliphatic rings. The second-order valence-corrected chi connectivity index (χ2v) is 10.4. The molecule has 0 aliphatic carbocycles. The summed E-state index contributed by atoms with van der Waals surface area (Å²) >= 11 is 0. The maximum Gasteiger partial charge on any atom is 0.387 e. The predicted octanol–water partition coefficient (Wildman–Crippen LogP) is 4.67. The highest BCUT2D eigenvalue weighted by atomic mass is 19.3. The number of carbonyl (C=O) groups is 2. The largest absolute Gasteiger partial charge is 0.497 e. The fraction of sp³-hybridized carbons (Fsp3) is 0.367. The average Bonchev–Trinajstić information content (AvgIpc) is 3.27. The first kappa shape index (κ1) is 29.3. The Morgan fingerprint density at radius 2 is 1.71 bits per heavy atom. The van der Waals surface area contributed by atoms with E-state index < -0.39 is 42.0 Å². The van der Waals surface area contributed by atoms with Gasteiger partial charge in [0.05, 0.1) is 7.11 Å². The summed E-state index contributed by atoms with van der Waals surface area (Å²) in [5.41, 5.74) is 1.37. The molecule has 222 valence electrons. The SMILES string of the molecule is COc1cc(F)c([C@@H]2CN(c3cc(C)cc(C4CCNCC4)n3)C(=O)[C@H]2NC(=O)c2ccc(OC(F)F)cc2)c(F)c1. The van der Waals surface area contributed by atoms with E-state index in [1.165, 1.54) is 36.3 Å². The van der Waals surface area contributed by atoms with Crippen molar-refractivity contribution in [3.05, 3.63) is 82.5 Å². The number of aromatic nitrogens is 1. The number of rotatable bonds is 8. The van der Waals surface area contributed by atoms with Crippen LogP contribution < -0.4 is 25.0 Å². The van der Waals surface area contributed by atoms with Gasteiger partial charge >= 0.3 is 6.61 Å². The van der Waals surface area contributed by atoms with Crippen molar-refractivity contribution in [2.24, 2.45) is 0 Å². The van der Waals surface area contributed by atoms with E-state index in [0.717, 1.165) is 49.3 Å². The summed E-state index contributed by atoms with van der Waals surface area (Å²) < 4.78 is 64.9. The molecule has 2 saturated heterocycles. The Kier molecular flexibility index (Phi) is 8.62. The lowest BCUT2D eigenvalue weighted by Gasteiger charge is -2.24. The molecule has 5 rings (SSSR count). The van der Waals surface area contributed by atoms with Crippen LogP contribution in [0.3, 0.4) is 0 Å². The van der Waals surface area contributed by atoms with Gasteiger partial charge in [-0.2, -0.15) is 8.78 Å². The minimum atomic E-state index is -3.03. The first-order valence-corrected chi connectivity index (χ1v) is 13.5. The Balaban J connectivity index is 1.49. The molecule has 1 aromatic heterocycles. The minimum Gasteiger partial charge on any atom is -0.497 e. The number of aryl methyl sites for hydroxylation is 1. The Bertz CT molecular complexity index is 1440. The molecule has 2 aromatic carbocycles. The van der Waals surface area contributed by atoms with E-state index in [1.54, 1.807) is 6.07 Å². The van der Waals surface area contributed by atoms with Crippen molar-refractivity contribution in [2.75, 3.05) is 31.6 Å². The van der Waals surface area contributed by atoms with Gasteiger partial charge in [-0.3, -0.25) is 14.5 Å². The fourth-order valence-corrected chi connectivity index (χ4v) is 5.54. The van der Waals surface area contributed by atoms with Crippen LogP contribution in [0.4, 0.5) is 23.4 Å². The monoisotopic (exact) mass is 586 g/mol. The second-order valence-electron chi connectivity index (χ2n) is 10.4. The number of piperidine rings is 1. The number of methoxy groups -OCH3 is 1. The molecule has 2 fully saturated rings. The standard InChI is InChI=1S/C30H30F4N4O4/c1-16-11-24(17-7-9-35-10-8-17)36-25(12-16)38-15-21(26-22(31)13-20(41-2)14-23(26)32)27(29(38)40)37-28(39)18-3-5-19(6-4-18)42-30(33)34/h3-6,11-14,17,21,27,30,35H,7-10,15H2,1-2H3,(H,37,39)/t21-,27-/m0/s1. The van der Waals surface area contributed by atoms with Gasteiger partial charge in [0, 0.05) is 47.3 Å². The normalized spacial score (nSPS) is 19.3. The Morgan fingerprint density at radius 3 is 2.33 bits per heavy atom. The summed E-state index contributed by atoms with van der Waals surface area (Å²) in [6.45, 7) is 0.400. The van der Waals surface area contributed by atoms with E-state index >= 15 is 8.78 Å². The molecular formula is C30H30F4N4O4. The number of amides is 2. The number of alkyl halides is 2. The Hall–Kier alpha value is -4.19. The van der Waals surface area contributed by atoms with Crippen LogP contribution in [0.2, 0.25) is 0 Å². The molecule has 12 heteroatoms. The van der Waals surface area contributed by atoms with Gasteiger partial charge in [-0.25, -0.2) is 13.8 Å². The molecule has 0 radical (unpaired) electrons. The lowest BCUT2D eigenvalue weighted by molar-refractivity contribution is -0.118. The number of carbonyl (C=O) groups excluding carboxylic acids is 2. The maximum atomic E-state index is 15.3. The number of hydrogen-bond acceptors (Lipinski definition) is 6. The quantitative estimate of drug-likeness (QED) is 0.373. The molecule has 3 aromatic rings. The smallest absolute Gasteiger partial charge is 0.387 e. The van der Waals surface area contributed by atoms with Gasteiger partial charge < -0.3 is 20.1 Å². The third kappa shape index (κ3) is 6.18. The highest BCUT2D eigenvalue weighted by molar-refractivity contribution is 6.04. The zero-order chi connectivity index (χ0) is 30.0. The van der Waals surface area contributed by atoms with Crippen LogP contribution in [0.25, 0.3) is 0 Å². The van der Waals surface area contributed by atoms with Crippen LogP contribution in [0.5, 0.6) is 11.5 Å². The lowest BCUT2D eigenvalue weighted by atomic mass is 9.92. The molecule has 8 nitrogen and oxygen atoms in total. The average molecular weight is 587 g/mol. The number of benzene rings is 2. The van der Waals surface area contributed by atoms with Gasteiger partial charge in [0.15, 0.2) is 0 Å². The van der Waals surface area contributed by atoms with Crippen molar-refractivity contribution in [2.45, 2.75) is 44.3 Å². The van der Waals surface area contributed by atoms with E-state index in [0.29, 0.717) is 5.82 Å². The molecule has 2 atom stereocenters. The van der Waals surface area contributed by atoms with Gasteiger partial charge in [-0.05, 0) is 74.8 Å². The van der Waals surface area contributed by atoms with Gasteiger partial charge in [-0.15, -0.1) is 0 Å². The van der Waals surface area contributed by atoms with Crippen molar-refractivity contribution >= 4 is 17.6 Å². The summed E-state index contributed by atoms with van der Waals surface area (Å²) in [5.74, 6) is -3.94. The molecule has 0 bridgehead atoms. The fourth-order valence-electron chi connectivity index (χ4n) is 5.54. The van der Waals surface area contributed by atoms with Gasteiger partial charge in [0.25, 0.3) is 11.8 Å². The van der Waals surface area contributed by atoms with Crippen LogP contribution in [0.15, 0.2) is 48.5 Å². The Morgan fingerprint density at radius 1 is 1.05 bits per heavy atom. The Labute approximate surface area is 240 Å². The molecule has 2 amide bonds. The van der Waals surface area contributed by atoms with Crippen molar-refractivity contribution in [3.8, 4) is 11.5 Å². The van der Waals surface area contributed by atoms with Crippen LogP contribution >= 0.6 is 0 Å². The molecule has 0 spiro atoms. The van der Waals surface area contributed by atoms with Gasteiger partial charge in [0.2, 0.25) is 0 Å². The molecule has 2 N–H and O–H groups in total. The number of halogens is 4. The van der Waals surface area contributed by atoms with Crippen LogP contribution in [-0.4, -0.2) is 56.2 Å². The zero-order valence-electron chi connectivity index (χ0n) is 23.0. The van der Waals surface area contributed by atoms with Gasteiger partial charge in [0.1, 0.15) is 35.0 Å². The molecule has 2 aliphatic heterocycles. The number of nitrogens with one attached hydrogen (secondary N) is 2. The first-order valence-electron chi connectivity index (χ1n) is 13.5. The van der Waals surface area contributed by atoms with Crippen LogP contribution in [-0.2, 0) is 4.79 Å². The highest BCUT2D eigenvalue weighted by Gasteiger charge is 2.46. The zero-order valence-corrected chi connectivity index (χ0v) is 23.0. The highest BCUT2D eigenvalue weighted by Crippen LogP contribution is 2.37. The molecule has 0 unspecified atom stereocenters. The number of anilines is 1. The van der Waals surface area contributed by atoms with Crippen molar-refractivity contribution in [1.82, 2.24) is 15.6 Å². The van der Waals surface area contributed by atoms with Crippen molar-refractivity contribution in [1.29, 1.82) is 0 Å². The van der Waals surface area contributed by atoms with E-state index in [-0.39, 0.29) is 35.1 Å². The summed E-state index contributed by atoms with van der Waals surface area (Å²) in [5, 5.41) is 5.92. The number of hydrogen-bond donors (Lipinski definition) is 2. The minimum absolute atomic E-state index is 0.0337. The van der Waals surface area contributed by atoms with E-state index in [4.69, 9.17) is 9.72 Å². The van der Waals surface area contributed by atoms with Gasteiger partial charge in [-0.1, -0.05) is 0 Å². The van der Waals surface area contributed by atoms with E-state index in [2.05, 4.69) is 15.4 Å². The molecule has 0 saturated carbocycles. The summed E-state index contributed by atoms with van der Waals surface area (Å²) in [6.07, 6.45) is 1.77. The molecule has 3 heterocycles. The number of pyridine rings is 1.